The van der Waals surface area contributed by atoms with Gasteiger partial charge in [0, 0.05) is 70.4 Å². The molecule has 2 saturated heterocycles. The summed E-state index contributed by atoms with van der Waals surface area (Å²) in [4.78, 5) is 19.8. The number of carbonyl (C=O) groups is 1. The zero-order valence-corrected chi connectivity index (χ0v) is 21.4. The van der Waals surface area contributed by atoms with E-state index >= 15 is 0 Å². The quantitative estimate of drug-likeness (QED) is 0.558. The summed E-state index contributed by atoms with van der Waals surface area (Å²) in [5.41, 5.74) is 2.59. The minimum absolute atomic E-state index is 0.00983. The lowest BCUT2D eigenvalue weighted by Crippen LogP contribution is -2.45. The number of piperidine rings is 2. The first kappa shape index (κ1) is 25.9. The van der Waals surface area contributed by atoms with Gasteiger partial charge in [-0.25, -0.2) is 8.78 Å². The average Bonchev–Trinajstić information content (AvgIpc) is 2.95. The summed E-state index contributed by atoms with van der Waals surface area (Å²) in [5, 5.41) is 8.98. The molecule has 2 aromatic carbocycles. The smallest absolute Gasteiger partial charge is 0.255 e. The second-order valence-corrected chi connectivity index (χ2v) is 10.2. The topological polar surface area (TPSA) is 59.8 Å². The van der Waals surface area contributed by atoms with E-state index < -0.39 is 11.6 Å². The van der Waals surface area contributed by atoms with E-state index in [1.165, 1.54) is 17.7 Å². The minimum atomic E-state index is -0.707. The second-order valence-electron chi connectivity index (χ2n) is 10.2. The Labute approximate surface area is 222 Å². The van der Waals surface area contributed by atoms with E-state index in [1.54, 1.807) is 0 Å². The molecule has 0 saturated carbocycles. The van der Waals surface area contributed by atoms with E-state index in [1.807, 2.05) is 41.4 Å². The molecule has 38 heavy (non-hydrogen) atoms. The predicted octanol–water partition coefficient (Wildman–Crippen LogP) is 4.63. The summed E-state index contributed by atoms with van der Waals surface area (Å²) in [6.07, 6.45) is 9.04. The molecule has 0 spiro atoms. The third kappa shape index (κ3) is 6.22. The van der Waals surface area contributed by atoms with E-state index in [2.05, 4.69) is 21.9 Å². The van der Waals surface area contributed by atoms with Crippen LogP contribution in [0, 0.1) is 23.0 Å². The van der Waals surface area contributed by atoms with Gasteiger partial charge < -0.3 is 14.5 Å². The van der Waals surface area contributed by atoms with Crippen LogP contribution in [0.1, 0.15) is 36.8 Å². The zero-order chi connectivity index (χ0) is 26.5. The third-order valence-electron chi connectivity index (χ3n) is 7.60. The number of ether oxygens (including phenoxy) is 1. The SMILES string of the molecule is N#Cc1ccc(CN2CCC(N3C=C(C(=O)N4CCC(Oc5ccc(F)cc5F)CC4)C=CC3)CC2)cc1. The first-order valence-corrected chi connectivity index (χ1v) is 13.2. The maximum Gasteiger partial charge on any atom is 0.255 e. The van der Waals surface area contributed by atoms with Gasteiger partial charge in [-0.05, 0) is 42.7 Å². The standard InChI is InChI=1S/C30H32F2N4O2/c31-25-7-8-29(28(32)18-25)38-27-11-16-35(17-12-27)30(37)24-2-1-13-36(21-24)26-9-14-34(15-10-26)20-23-5-3-22(19-33)4-6-23/h1-8,18,21,26-27H,9-17,20H2. The Balaban J connectivity index is 1.10. The molecular formula is C30H32F2N4O2. The Hall–Kier alpha value is -3.70. The predicted molar refractivity (Wildman–Crippen MR) is 140 cm³/mol. The van der Waals surface area contributed by atoms with Crippen molar-refractivity contribution in [3.05, 3.63) is 89.2 Å². The van der Waals surface area contributed by atoms with Crippen molar-refractivity contribution in [1.29, 1.82) is 5.26 Å². The number of rotatable bonds is 6. The van der Waals surface area contributed by atoms with Crippen LogP contribution in [0.2, 0.25) is 0 Å². The zero-order valence-electron chi connectivity index (χ0n) is 21.4. The molecule has 1 amide bonds. The van der Waals surface area contributed by atoms with Gasteiger partial charge in [0.1, 0.15) is 11.9 Å². The number of likely N-dealkylation sites (tertiary alicyclic amines) is 2. The van der Waals surface area contributed by atoms with Gasteiger partial charge in [-0.2, -0.15) is 5.26 Å². The van der Waals surface area contributed by atoms with Crippen LogP contribution in [0.15, 0.2) is 66.4 Å². The molecule has 3 aliphatic heterocycles. The third-order valence-corrected chi connectivity index (χ3v) is 7.60. The van der Waals surface area contributed by atoms with Crippen molar-refractivity contribution >= 4 is 5.91 Å². The highest BCUT2D eigenvalue weighted by Crippen LogP contribution is 2.25. The van der Waals surface area contributed by atoms with Gasteiger partial charge in [-0.3, -0.25) is 9.69 Å². The fourth-order valence-electron chi connectivity index (χ4n) is 5.42. The molecule has 2 fully saturated rings. The summed E-state index contributed by atoms with van der Waals surface area (Å²) >= 11 is 0. The molecule has 0 aromatic heterocycles. The highest BCUT2D eigenvalue weighted by atomic mass is 19.1. The normalized spacial score (nSPS) is 19.2. The number of hydrogen-bond donors (Lipinski definition) is 0. The van der Waals surface area contributed by atoms with Crippen LogP contribution in [-0.4, -0.2) is 65.5 Å². The molecule has 0 N–H and O–H groups in total. The molecule has 3 aliphatic rings. The van der Waals surface area contributed by atoms with Crippen LogP contribution in [0.25, 0.3) is 0 Å². The fraction of sp³-hybridized carbons (Fsp3) is 0.400. The second kappa shape index (κ2) is 11.8. The Morgan fingerprint density at radius 1 is 1.00 bits per heavy atom. The summed E-state index contributed by atoms with van der Waals surface area (Å²) in [6, 6.07) is 13.7. The largest absolute Gasteiger partial charge is 0.487 e. The molecule has 6 nitrogen and oxygen atoms in total. The Bertz CT molecular complexity index is 1240. The Morgan fingerprint density at radius 2 is 1.74 bits per heavy atom. The van der Waals surface area contributed by atoms with Crippen LogP contribution in [0.4, 0.5) is 8.78 Å². The molecule has 0 aliphatic carbocycles. The highest BCUT2D eigenvalue weighted by molar-refractivity contribution is 5.96. The van der Waals surface area contributed by atoms with Crippen molar-refractivity contribution in [3.8, 4) is 11.8 Å². The Morgan fingerprint density at radius 3 is 2.42 bits per heavy atom. The van der Waals surface area contributed by atoms with Crippen molar-refractivity contribution in [3.63, 3.8) is 0 Å². The minimum Gasteiger partial charge on any atom is -0.487 e. The molecule has 0 bridgehead atoms. The molecule has 8 heteroatoms. The van der Waals surface area contributed by atoms with Crippen LogP contribution in [0.3, 0.4) is 0 Å². The van der Waals surface area contributed by atoms with Gasteiger partial charge in [0.15, 0.2) is 11.6 Å². The van der Waals surface area contributed by atoms with E-state index in [4.69, 9.17) is 10.00 Å². The van der Waals surface area contributed by atoms with Crippen molar-refractivity contribution in [2.45, 2.75) is 44.4 Å². The summed E-state index contributed by atoms with van der Waals surface area (Å²) in [6.45, 7) is 4.73. The number of nitriles is 1. The van der Waals surface area contributed by atoms with Gasteiger partial charge in [0.25, 0.3) is 5.91 Å². The van der Waals surface area contributed by atoms with Gasteiger partial charge in [-0.15, -0.1) is 0 Å². The fourth-order valence-corrected chi connectivity index (χ4v) is 5.42. The van der Waals surface area contributed by atoms with Crippen molar-refractivity contribution in [2.24, 2.45) is 0 Å². The monoisotopic (exact) mass is 518 g/mol. The number of carbonyl (C=O) groups excluding carboxylic acids is 1. The lowest BCUT2D eigenvalue weighted by Gasteiger charge is -2.39. The van der Waals surface area contributed by atoms with Crippen molar-refractivity contribution in [1.82, 2.24) is 14.7 Å². The highest BCUT2D eigenvalue weighted by Gasteiger charge is 2.29. The molecule has 0 radical (unpaired) electrons. The summed E-state index contributed by atoms with van der Waals surface area (Å²) in [7, 11) is 0. The number of amides is 1. The van der Waals surface area contributed by atoms with Crippen molar-refractivity contribution < 1.29 is 18.3 Å². The Kier molecular flexibility index (Phi) is 8.04. The van der Waals surface area contributed by atoms with E-state index in [9.17, 15) is 13.6 Å². The van der Waals surface area contributed by atoms with Crippen molar-refractivity contribution in [2.75, 3.05) is 32.7 Å². The number of halogens is 2. The van der Waals surface area contributed by atoms with Crippen LogP contribution in [-0.2, 0) is 11.3 Å². The average molecular weight is 519 g/mol. The molecule has 0 atom stereocenters. The van der Waals surface area contributed by atoms with Crippen LogP contribution >= 0.6 is 0 Å². The van der Waals surface area contributed by atoms with Gasteiger partial charge in [0.05, 0.1) is 17.2 Å². The lowest BCUT2D eigenvalue weighted by atomic mass is 10.0. The number of nitrogens with zero attached hydrogens (tertiary/aromatic N) is 4. The van der Waals surface area contributed by atoms with Crippen LogP contribution in [0.5, 0.6) is 5.75 Å². The molecule has 198 valence electrons. The lowest BCUT2D eigenvalue weighted by molar-refractivity contribution is -0.128. The van der Waals surface area contributed by atoms with Gasteiger partial charge in [0.2, 0.25) is 0 Å². The summed E-state index contributed by atoms with van der Waals surface area (Å²) < 4.78 is 32.8. The molecule has 2 aromatic rings. The maximum atomic E-state index is 13.9. The maximum absolute atomic E-state index is 13.9. The first-order valence-electron chi connectivity index (χ1n) is 13.2. The van der Waals surface area contributed by atoms with E-state index in [0.29, 0.717) is 43.1 Å². The van der Waals surface area contributed by atoms with Gasteiger partial charge in [-0.1, -0.05) is 24.3 Å². The summed E-state index contributed by atoms with van der Waals surface area (Å²) in [5.74, 6) is -1.28. The van der Waals surface area contributed by atoms with Crippen LogP contribution < -0.4 is 4.74 Å². The number of benzene rings is 2. The number of hydrogen-bond acceptors (Lipinski definition) is 5. The molecule has 3 heterocycles. The van der Waals surface area contributed by atoms with E-state index in [-0.39, 0.29) is 17.8 Å². The van der Waals surface area contributed by atoms with E-state index in [0.717, 1.165) is 45.1 Å². The molecular weight excluding hydrogens is 486 g/mol. The molecule has 0 unspecified atom stereocenters. The molecule has 5 rings (SSSR count). The van der Waals surface area contributed by atoms with Gasteiger partial charge >= 0.3 is 0 Å². The first-order chi connectivity index (χ1) is 18.5.